The van der Waals surface area contributed by atoms with E-state index in [-0.39, 0.29) is 21.7 Å². The van der Waals surface area contributed by atoms with Crippen LogP contribution < -0.4 is 10.6 Å². The van der Waals surface area contributed by atoms with Crippen LogP contribution in [0.5, 0.6) is 0 Å². The fourth-order valence-electron chi connectivity index (χ4n) is 11.6. The topological polar surface area (TPSA) is 24.1 Å². The van der Waals surface area contributed by atoms with Crippen molar-refractivity contribution in [3.8, 4) is 22.3 Å². The highest BCUT2D eigenvalue weighted by atomic mass is 14.9. The summed E-state index contributed by atoms with van der Waals surface area (Å²) in [7, 11) is 0. The molecule has 0 aromatic heterocycles. The summed E-state index contributed by atoms with van der Waals surface area (Å²) >= 11 is 0. The van der Waals surface area contributed by atoms with Gasteiger partial charge in [0.05, 0.1) is 0 Å². The van der Waals surface area contributed by atoms with E-state index >= 15 is 0 Å². The molecule has 2 spiro atoms. The molecule has 2 bridgehead atoms. The summed E-state index contributed by atoms with van der Waals surface area (Å²) in [6.45, 7) is 9.55. The van der Waals surface area contributed by atoms with Crippen molar-refractivity contribution in [2.75, 3.05) is 10.6 Å². The molecule has 5 aliphatic carbocycles. The third-order valence-electron chi connectivity index (χ3n) is 13.7. The van der Waals surface area contributed by atoms with Crippen LogP contribution in [0.15, 0.2) is 109 Å². The molecule has 2 nitrogen and oxygen atoms in total. The van der Waals surface area contributed by atoms with Crippen molar-refractivity contribution in [3.05, 3.63) is 165 Å². The van der Waals surface area contributed by atoms with E-state index in [1.807, 2.05) is 0 Å². The molecule has 0 radical (unpaired) electrons. The van der Waals surface area contributed by atoms with E-state index in [1.54, 1.807) is 0 Å². The van der Waals surface area contributed by atoms with Crippen LogP contribution in [0.2, 0.25) is 0 Å². The summed E-state index contributed by atoms with van der Waals surface area (Å²) < 4.78 is 0. The van der Waals surface area contributed by atoms with Crippen molar-refractivity contribution in [2.24, 2.45) is 0 Å². The maximum Gasteiger partial charge on any atom is 0.0500 e. The van der Waals surface area contributed by atoms with Gasteiger partial charge in [-0.05, 0) is 127 Å². The van der Waals surface area contributed by atoms with E-state index in [4.69, 9.17) is 0 Å². The van der Waals surface area contributed by atoms with Gasteiger partial charge in [-0.3, -0.25) is 0 Å². The Morgan fingerprint density at radius 1 is 0.375 bits per heavy atom. The standard InChI is InChI=1S/C46H36N2/c1-43(2)29-13-7-5-11-25(29)27-21-35-39(23-33(27)43)47-37-17-9-16-32-41(37)45(35)19-20-46(32)36-22-28-26-12-6-8-14-30(26)44(3,4)34(28)24-40(36)48-38-18-10-15-31(45)42(38)46/h5-18,21-24,47-48H,19-20H2,1-4H3. The molecule has 0 saturated carbocycles. The average Bonchev–Trinajstić information content (AvgIpc) is 3.47. The first-order valence-corrected chi connectivity index (χ1v) is 17.7. The molecule has 13 rings (SSSR count). The van der Waals surface area contributed by atoms with Crippen LogP contribution in [0.3, 0.4) is 0 Å². The van der Waals surface area contributed by atoms with E-state index in [9.17, 15) is 0 Å². The molecular weight excluding hydrogens is 581 g/mol. The summed E-state index contributed by atoms with van der Waals surface area (Å²) in [5, 5.41) is 8.06. The molecule has 2 heterocycles. The first kappa shape index (κ1) is 25.9. The van der Waals surface area contributed by atoms with Crippen molar-refractivity contribution in [1.82, 2.24) is 0 Å². The summed E-state index contributed by atoms with van der Waals surface area (Å²) in [4.78, 5) is 0. The third kappa shape index (κ3) is 2.55. The lowest BCUT2D eigenvalue weighted by atomic mass is 9.44. The maximum atomic E-state index is 4.03. The zero-order valence-electron chi connectivity index (χ0n) is 27.8. The lowest BCUT2D eigenvalue weighted by molar-refractivity contribution is 0.363. The Bertz CT molecular complexity index is 2350. The van der Waals surface area contributed by atoms with Gasteiger partial charge in [0.1, 0.15) is 0 Å². The van der Waals surface area contributed by atoms with Crippen LogP contribution in [0.1, 0.15) is 96.2 Å². The molecule has 2 atom stereocenters. The molecule has 0 saturated heterocycles. The lowest BCUT2D eigenvalue weighted by Gasteiger charge is -2.60. The monoisotopic (exact) mass is 616 g/mol. The van der Waals surface area contributed by atoms with Crippen LogP contribution >= 0.6 is 0 Å². The second kappa shape index (κ2) is 7.79. The Hall–Kier alpha value is -5.08. The Morgan fingerprint density at radius 2 is 0.792 bits per heavy atom. The zero-order chi connectivity index (χ0) is 31.9. The minimum atomic E-state index is -0.208. The van der Waals surface area contributed by atoms with Crippen LogP contribution in [0.4, 0.5) is 22.7 Å². The van der Waals surface area contributed by atoms with Gasteiger partial charge in [-0.1, -0.05) is 100 Å². The molecule has 2 unspecified atom stereocenters. The predicted molar refractivity (Wildman–Crippen MR) is 196 cm³/mol. The summed E-state index contributed by atoms with van der Waals surface area (Å²) in [5.41, 5.74) is 24.7. The molecule has 2 N–H and O–H groups in total. The molecule has 0 amide bonds. The summed E-state index contributed by atoms with van der Waals surface area (Å²) in [5.74, 6) is 0. The number of rotatable bonds is 0. The minimum absolute atomic E-state index is 0.0380. The van der Waals surface area contributed by atoms with Gasteiger partial charge in [0.2, 0.25) is 0 Å². The molecule has 6 aromatic carbocycles. The van der Waals surface area contributed by atoms with Crippen LogP contribution in [-0.2, 0) is 21.7 Å². The van der Waals surface area contributed by atoms with Crippen molar-refractivity contribution in [2.45, 2.75) is 62.2 Å². The third-order valence-corrected chi connectivity index (χ3v) is 13.7. The van der Waals surface area contributed by atoms with Gasteiger partial charge in [-0.15, -0.1) is 0 Å². The normalized spacial score (nSPS) is 23.7. The molecular formula is C46H36N2. The Balaban J connectivity index is 1.17. The average molecular weight is 617 g/mol. The van der Waals surface area contributed by atoms with Gasteiger partial charge in [-0.2, -0.15) is 0 Å². The Labute approximate surface area is 281 Å². The largest absolute Gasteiger partial charge is 0.355 e. The highest BCUT2D eigenvalue weighted by Crippen LogP contribution is 2.71. The zero-order valence-corrected chi connectivity index (χ0v) is 27.8. The predicted octanol–water partition coefficient (Wildman–Crippen LogP) is 11.2. The maximum absolute atomic E-state index is 4.03. The smallest absolute Gasteiger partial charge is 0.0500 e. The van der Waals surface area contributed by atoms with Crippen molar-refractivity contribution in [1.29, 1.82) is 0 Å². The van der Waals surface area contributed by atoms with Crippen molar-refractivity contribution >= 4 is 22.7 Å². The van der Waals surface area contributed by atoms with Gasteiger partial charge in [-0.25, -0.2) is 0 Å². The molecule has 0 fully saturated rings. The quantitative estimate of drug-likeness (QED) is 0.177. The number of hydrogen-bond acceptors (Lipinski definition) is 2. The van der Waals surface area contributed by atoms with Crippen LogP contribution in [0, 0.1) is 0 Å². The van der Waals surface area contributed by atoms with Gasteiger partial charge >= 0.3 is 0 Å². The van der Waals surface area contributed by atoms with Gasteiger partial charge in [0.15, 0.2) is 0 Å². The van der Waals surface area contributed by atoms with E-state index in [0.717, 1.165) is 12.8 Å². The van der Waals surface area contributed by atoms with E-state index in [0.29, 0.717) is 0 Å². The lowest BCUT2D eigenvalue weighted by Crippen LogP contribution is -2.53. The second-order valence-corrected chi connectivity index (χ2v) is 16.2. The minimum Gasteiger partial charge on any atom is -0.355 e. The second-order valence-electron chi connectivity index (χ2n) is 16.2. The highest BCUT2D eigenvalue weighted by Gasteiger charge is 2.62. The Morgan fingerprint density at radius 3 is 1.25 bits per heavy atom. The number of anilines is 4. The molecule has 6 aromatic rings. The SMILES string of the molecule is CC1(C)c2ccccc2-c2cc3c(cc21)Nc1cccc2c1C31CCC23c2cc4c(cc2Nc2cccc1c23)C(C)(C)c1ccccc1-4. The number of hydrogen-bond donors (Lipinski definition) is 2. The molecule has 7 aliphatic rings. The number of benzene rings is 6. The van der Waals surface area contributed by atoms with Crippen molar-refractivity contribution < 1.29 is 0 Å². The van der Waals surface area contributed by atoms with Gasteiger partial charge < -0.3 is 10.6 Å². The first-order valence-electron chi connectivity index (χ1n) is 17.7. The fraction of sp³-hybridized carbons (Fsp3) is 0.217. The Kier molecular flexibility index (Phi) is 4.21. The van der Waals surface area contributed by atoms with E-state index in [2.05, 4.69) is 148 Å². The fourth-order valence-corrected chi connectivity index (χ4v) is 11.6. The summed E-state index contributed by atoms with van der Waals surface area (Å²) in [6, 6.07) is 42.5. The van der Waals surface area contributed by atoms with Crippen LogP contribution in [0.25, 0.3) is 22.3 Å². The van der Waals surface area contributed by atoms with Gasteiger partial charge in [0, 0.05) is 44.4 Å². The highest BCUT2D eigenvalue weighted by molar-refractivity contribution is 5.95. The molecule has 48 heavy (non-hydrogen) atoms. The summed E-state index contributed by atoms with van der Waals surface area (Å²) in [6.07, 6.45) is 2.18. The van der Waals surface area contributed by atoms with Crippen molar-refractivity contribution in [3.63, 3.8) is 0 Å². The first-order chi connectivity index (χ1) is 23.3. The number of nitrogens with one attached hydrogen (secondary N) is 2. The van der Waals surface area contributed by atoms with E-state index in [1.165, 1.54) is 101 Å². The number of fused-ring (bicyclic) bond motifs is 9. The van der Waals surface area contributed by atoms with Crippen LogP contribution in [-0.4, -0.2) is 0 Å². The molecule has 2 heteroatoms. The van der Waals surface area contributed by atoms with E-state index < -0.39 is 0 Å². The molecule has 2 aliphatic heterocycles. The molecule has 230 valence electrons. The van der Waals surface area contributed by atoms with Gasteiger partial charge in [0.25, 0.3) is 0 Å².